The molecule has 2 aromatic rings. The fourth-order valence-corrected chi connectivity index (χ4v) is 1.62. The van der Waals surface area contributed by atoms with Crippen molar-refractivity contribution in [3.63, 3.8) is 0 Å². The summed E-state index contributed by atoms with van der Waals surface area (Å²) in [6, 6.07) is 2.78. The van der Waals surface area contributed by atoms with Crippen molar-refractivity contribution >= 4 is 11.6 Å². The average molecular weight is 244 g/mol. The molecule has 0 atom stereocenters. The van der Waals surface area contributed by atoms with Gasteiger partial charge in [0.1, 0.15) is 10.8 Å². The van der Waals surface area contributed by atoms with Crippen LogP contribution < -0.4 is 0 Å². The fourth-order valence-electron chi connectivity index (χ4n) is 1.35. The van der Waals surface area contributed by atoms with E-state index >= 15 is 0 Å². The third-order valence-electron chi connectivity index (χ3n) is 2.11. The van der Waals surface area contributed by atoms with Crippen molar-refractivity contribution < 1.29 is 8.78 Å². The van der Waals surface area contributed by atoms with Gasteiger partial charge in [0.2, 0.25) is 0 Å². The van der Waals surface area contributed by atoms with Gasteiger partial charge in [-0.1, -0.05) is 11.6 Å². The van der Waals surface area contributed by atoms with E-state index in [2.05, 4.69) is 10.1 Å². The number of aromatic nitrogens is 3. The number of nitrogens with zero attached hydrogens (tertiary/aromatic N) is 3. The van der Waals surface area contributed by atoms with Gasteiger partial charge in [-0.25, -0.2) is 13.8 Å². The third kappa shape index (κ3) is 2.04. The van der Waals surface area contributed by atoms with Crippen LogP contribution in [0.25, 0.3) is 11.1 Å². The van der Waals surface area contributed by atoms with Crippen LogP contribution in [0.2, 0.25) is 5.15 Å². The molecule has 6 heteroatoms. The van der Waals surface area contributed by atoms with Gasteiger partial charge in [0.25, 0.3) is 6.43 Å². The van der Waals surface area contributed by atoms with Gasteiger partial charge < -0.3 is 0 Å². The summed E-state index contributed by atoms with van der Waals surface area (Å²) in [6.45, 7) is 0. The van der Waals surface area contributed by atoms with Crippen molar-refractivity contribution in [1.29, 1.82) is 0 Å². The van der Waals surface area contributed by atoms with E-state index in [4.69, 9.17) is 11.6 Å². The summed E-state index contributed by atoms with van der Waals surface area (Å²) in [6.07, 6.45) is 0.732. The molecule has 0 fully saturated rings. The number of hydrogen-bond acceptors (Lipinski definition) is 2. The Kier molecular flexibility index (Phi) is 2.87. The van der Waals surface area contributed by atoms with E-state index in [0.29, 0.717) is 5.56 Å². The van der Waals surface area contributed by atoms with Crippen LogP contribution in [0.3, 0.4) is 0 Å². The van der Waals surface area contributed by atoms with Crippen molar-refractivity contribution in [3.8, 4) is 11.1 Å². The Morgan fingerprint density at radius 1 is 1.38 bits per heavy atom. The molecule has 0 aliphatic carbocycles. The van der Waals surface area contributed by atoms with Crippen molar-refractivity contribution in [2.24, 2.45) is 7.05 Å². The molecule has 0 aliphatic rings. The van der Waals surface area contributed by atoms with E-state index in [-0.39, 0.29) is 10.8 Å². The highest BCUT2D eigenvalue weighted by Gasteiger charge is 2.13. The van der Waals surface area contributed by atoms with Gasteiger partial charge in [0.15, 0.2) is 0 Å². The SMILES string of the molecule is Cn1cc(-c2ccc(C(F)F)nc2Cl)cn1. The van der Waals surface area contributed by atoms with Gasteiger partial charge >= 0.3 is 0 Å². The standard InChI is InChI=1S/C10H8ClF2N3/c1-16-5-6(4-14-16)7-2-3-8(10(12)13)15-9(7)11/h2-5,10H,1H3. The van der Waals surface area contributed by atoms with E-state index in [9.17, 15) is 8.78 Å². The molecular formula is C10H8ClF2N3. The summed E-state index contributed by atoms with van der Waals surface area (Å²) in [5.74, 6) is 0. The Hall–Kier alpha value is -1.49. The molecule has 0 radical (unpaired) electrons. The van der Waals surface area contributed by atoms with Gasteiger partial charge in [-0.2, -0.15) is 5.10 Å². The molecule has 16 heavy (non-hydrogen) atoms. The van der Waals surface area contributed by atoms with Crippen molar-refractivity contribution in [2.75, 3.05) is 0 Å². The van der Waals surface area contributed by atoms with Crippen LogP contribution in [0.15, 0.2) is 24.5 Å². The minimum absolute atomic E-state index is 0.0609. The first-order valence-corrected chi connectivity index (χ1v) is 4.89. The maximum atomic E-state index is 12.3. The molecule has 2 rings (SSSR count). The minimum atomic E-state index is -2.61. The number of halogens is 3. The molecule has 0 spiro atoms. The van der Waals surface area contributed by atoms with Gasteiger partial charge in [-0.3, -0.25) is 4.68 Å². The zero-order valence-electron chi connectivity index (χ0n) is 8.36. The average Bonchev–Trinajstić information content (AvgIpc) is 2.64. The maximum absolute atomic E-state index is 12.3. The highest BCUT2D eigenvalue weighted by Crippen LogP contribution is 2.28. The Balaban J connectivity index is 2.44. The molecule has 0 unspecified atom stereocenters. The summed E-state index contributed by atoms with van der Waals surface area (Å²) < 4.78 is 26.3. The number of alkyl halides is 2. The minimum Gasteiger partial charge on any atom is -0.275 e. The number of rotatable bonds is 2. The van der Waals surface area contributed by atoms with E-state index < -0.39 is 6.43 Å². The molecule has 0 aromatic carbocycles. The normalized spacial score (nSPS) is 11.1. The van der Waals surface area contributed by atoms with Gasteiger partial charge in [0.05, 0.1) is 6.20 Å². The van der Waals surface area contributed by atoms with Crippen molar-refractivity contribution in [2.45, 2.75) is 6.43 Å². The summed E-state index contributed by atoms with van der Waals surface area (Å²) in [7, 11) is 1.76. The van der Waals surface area contributed by atoms with Crippen LogP contribution in [-0.2, 0) is 7.05 Å². The maximum Gasteiger partial charge on any atom is 0.280 e. The third-order valence-corrected chi connectivity index (χ3v) is 2.40. The Morgan fingerprint density at radius 2 is 2.12 bits per heavy atom. The largest absolute Gasteiger partial charge is 0.280 e. The lowest BCUT2D eigenvalue weighted by Crippen LogP contribution is -1.91. The van der Waals surface area contributed by atoms with Crippen molar-refractivity contribution in [1.82, 2.24) is 14.8 Å². The monoisotopic (exact) mass is 243 g/mol. The smallest absolute Gasteiger partial charge is 0.275 e. The molecule has 0 N–H and O–H groups in total. The number of aryl methyl sites for hydroxylation is 1. The second-order valence-electron chi connectivity index (χ2n) is 3.28. The van der Waals surface area contributed by atoms with Crippen LogP contribution in [-0.4, -0.2) is 14.8 Å². The summed E-state index contributed by atoms with van der Waals surface area (Å²) >= 11 is 5.84. The number of hydrogen-bond donors (Lipinski definition) is 0. The lowest BCUT2D eigenvalue weighted by molar-refractivity contribution is 0.146. The first-order valence-electron chi connectivity index (χ1n) is 4.51. The van der Waals surface area contributed by atoms with Crippen LogP contribution in [0.1, 0.15) is 12.1 Å². The number of pyridine rings is 1. The molecule has 3 nitrogen and oxygen atoms in total. The van der Waals surface area contributed by atoms with E-state index in [0.717, 1.165) is 5.56 Å². The molecule has 0 saturated heterocycles. The molecule has 0 bridgehead atoms. The second kappa shape index (κ2) is 4.17. The van der Waals surface area contributed by atoms with E-state index in [1.54, 1.807) is 24.1 Å². The van der Waals surface area contributed by atoms with Gasteiger partial charge in [-0.05, 0) is 12.1 Å². The summed E-state index contributed by atoms with van der Waals surface area (Å²) in [4.78, 5) is 3.64. The molecule has 2 aromatic heterocycles. The van der Waals surface area contributed by atoms with Crippen LogP contribution in [0, 0.1) is 0 Å². The molecule has 84 valence electrons. The van der Waals surface area contributed by atoms with E-state index in [1.807, 2.05) is 0 Å². The molecule has 2 heterocycles. The second-order valence-corrected chi connectivity index (χ2v) is 3.64. The fraction of sp³-hybridized carbons (Fsp3) is 0.200. The molecule has 0 amide bonds. The Morgan fingerprint density at radius 3 is 2.62 bits per heavy atom. The highest BCUT2D eigenvalue weighted by atomic mass is 35.5. The zero-order valence-corrected chi connectivity index (χ0v) is 9.12. The molecule has 0 saturated carbocycles. The Bertz CT molecular complexity index is 511. The first-order chi connectivity index (χ1) is 7.58. The zero-order chi connectivity index (χ0) is 11.7. The molecular weight excluding hydrogens is 236 g/mol. The first kappa shape index (κ1) is 11.0. The lowest BCUT2D eigenvalue weighted by atomic mass is 10.1. The Labute approximate surface area is 95.7 Å². The summed E-state index contributed by atoms with van der Waals surface area (Å²) in [5.41, 5.74) is 1.03. The van der Waals surface area contributed by atoms with Gasteiger partial charge in [-0.15, -0.1) is 0 Å². The van der Waals surface area contributed by atoms with E-state index in [1.165, 1.54) is 12.1 Å². The van der Waals surface area contributed by atoms with Crippen LogP contribution in [0.4, 0.5) is 8.78 Å². The predicted octanol–water partition coefficient (Wildman–Crippen LogP) is 3.07. The summed E-state index contributed by atoms with van der Waals surface area (Å²) in [5, 5.41) is 4.03. The lowest BCUT2D eigenvalue weighted by Gasteiger charge is -2.03. The van der Waals surface area contributed by atoms with Gasteiger partial charge in [0, 0.05) is 24.4 Å². The van der Waals surface area contributed by atoms with Crippen LogP contribution in [0.5, 0.6) is 0 Å². The molecule has 0 aliphatic heterocycles. The topological polar surface area (TPSA) is 30.7 Å². The van der Waals surface area contributed by atoms with Crippen molar-refractivity contribution in [3.05, 3.63) is 35.4 Å². The van der Waals surface area contributed by atoms with Crippen LogP contribution >= 0.6 is 11.6 Å². The predicted molar refractivity (Wildman–Crippen MR) is 56.4 cm³/mol. The quantitative estimate of drug-likeness (QED) is 0.759. The highest BCUT2D eigenvalue weighted by molar-refractivity contribution is 6.32.